The van der Waals surface area contributed by atoms with E-state index < -0.39 is 0 Å². The van der Waals surface area contributed by atoms with Gasteiger partial charge in [0.15, 0.2) is 0 Å². The molecule has 1 fully saturated rings. The number of ether oxygens (including phenoxy) is 2. The van der Waals surface area contributed by atoms with Gasteiger partial charge in [-0.05, 0) is 49.2 Å². The van der Waals surface area contributed by atoms with Crippen LogP contribution in [-0.4, -0.2) is 44.2 Å². The van der Waals surface area contributed by atoms with Crippen molar-refractivity contribution in [2.45, 2.75) is 19.9 Å². The highest BCUT2D eigenvalue weighted by Gasteiger charge is 2.30. The molecule has 1 aliphatic rings. The largest absolute Gasteiger partial charge is 0.497 e. The van der Waals surface area contributed by atoms with Gasteiger partial charge in [0, 0.05) is 29.1 Å². The van der Waals surface area contributed by atoms with Crippen LogP contribution in [0.2, 0.25) is 0 Å². The third-order valence-electron chi connectivity index (χ3n) is 5.79. The molecule has 1 unspecified atom stereocenters. The van der Waals surface area contributed by atoms with Crippen LogP contribution in [0.4, 0.5) is 5.00 Å². The van der Waals surface area contributed by atoms with Crippen molar-refractivity contribution in [1.82, 2.24) is 4.90 Å². The van der Waals surface area contributed by atoms with Crippen LogP contribution in [0.5, 0.6) is 5.75 Å². The Labute approximate surface area is 187 Å². The van der Waals surface area contributed by atoms with E-state index in [1.165, 1.54) is 10.4 Å². The van der Waals surface area contributed by atoms with Gasteiger partial charge in [-0.25, -0.2) is 0 Å². The van der Waals surface area contributed by atoms with E-state index in [9.17, 15) is 4.79 Å². The van der Waals surface area contributed by atoms with Gasteiger partial charge in [0.2, 0.25) is 0 Å². The summed E-state index contributed by atoms with van der Waals surface area (Å²) in [5, 5.41) is 4.10. The molecule has 0 radical (unpaired) electrons. The van der Waals surface area contributed by atoms with Crippen molar-refractivity contribution in [3.8, 4) is 5.75 Å². The number of thiophene rings is 1. The van der Waals surface area contributed by atoms with Gasteiger partial charge in [-0.1, -0.05) is 30.3 Å². The van der Waals surface area contributed by atoms with Crippen molar-refractivity contribution in [2.75, 3.05) is 38.7 Å². The number of aryl methyl sites for hydroxylation is 1. The van der Waals surface area contributed by atoms with Crippen LogP contribution >= 0.6 is 11.3 Å². The molecule has 0 bridgehead atoms. The lowest BCUT2D eigenvalue weighted by Crippen LogP contribution is -2.40. The predicted molar refractivity (Wildman–Crippen MR) is 125 cm³/mol. The van der Waals surface area contributed by atoms with Crippen molar-refractivity contribution in [1.29, 1.82) is 0 Å². The fraction of sp³-hybridized carbons (Fsp3) is 0.320. The number of carbonyl (C=O) groups is 1. The number of amides is 1. The molecule has 3 aromatic rings. The van der Waals surface area contributed by atoms with Crippen LogP contribution in [0, 0.1) is 13.8 Å². The van der Waals surface area contributed by atoms with Crippen molar-refractivity contribution >= 4 is 22.2 Å². The van der Waals surface area contributed by atoms with E-state index in [0.29, 0.717) is 18.8 Å². The first-order valence-corrected chi connectivity index (χ1v) is 11.3. The van der Waals surface area contributed by atoms with Gasteiger partial charge in [0.25, 0.3) is 5.91 Å². The number of nitrogens with zero attached hydrogens (tertiary/aromatic N) is 1. The molecule has 1 saturated heterocycles. The summed E-state index contributed by atoms with van der Waals surface area (Å²) in [4.78, 5) is 16.6. The second-order valence-corrected chi connectivity index (χ2v) is 8.90. The molecule has 2 aromatic carbocycles. The highest BCUT2D eigenvalue weighted by Crippen LogP contribution is 2.43. The maximum Gasteiger partial charge on any atom is 0.256 e. The third kappa shape index (κ3) is 4.66. The van der Waals surface area contributed by atoms with Gasteiger partial charge >= 0.3 is 0 Å². The molecule has 1 amide bonds. The fourth-order valence-corrected chi connectivity index (χ4v) is 5.13. The normalized spacial score (nSPS) is 15.5. The first kappa shape index (κ1) is 21.6. The average molecular weight is 437 g/mol. The number of hydrogen-bond acceptors (Lipinski definition) is 5. The van der Waals surface area contributed by atoms with Crippen LogP contribution in [0.25, 0.3) is 0 Å². The van der Waals surface area contributed by atoms with E-state index in [1.807, 2.05) is 42.5 Å². The number of rotatable bonds is 6. The highest BCUT2D eigenvalue weighted by molar-refractivity contribution is 7.16. The smallest absolute Gasteiger partial charge is 0.256 e. The Balaban J connectivity index is 1.78. The standard InChI is InChI=1S/C25H28N2O3S/c1-17-18(2)31-25(26-24(28)19-8-5-4-6-9-19)22(17)23(27-12-14-30-15-13-27)20-10-7-11-21(16-20)29-3/h4-11,16,23H,12-15H2,1-3H3,(H,26,28). The summed E-state index contributed by atoms with van der Waals surface area (Å²) in [6, 6.07) is 17.6. The Morgan fingerprint density at radius 2 is 1.84 bits per heavy atom. The summed E-state index contributed by atoms with van der Waals surface area (Å²) >= 11 is 1.64. The zero-order valence-corrected chi connectivity index (χ0v) is 19.0. The zero-order valence-electron chi connectivity index (χ0n) is 18.2. The Morgan fingerprint density at radius 1 is 1.10 bits per heavy atom. The highest BCUT2D eigenvalue weighted by atomic mass is 32.1. The number of nitrogens with one attached hydrogen (secondary N) is 1. The SMILES string of the molecule is COc1cccc(C(c2c(NC(=O)c3ccccc3)sc(C)c2C)N2CCOCC2)c1. The number of morpholine rings is 1. The van der Waals surface area contributed by atoms with Crippen molar-refractivity contribution < 1.29 is 14.3 Å². The van der Waals surface area contributed by atoms with Gasteiger partial charge < -0.3 is 14.8 Å². The van der Waals surface area contributed by atoms with Gasteiger partial charge in [0.05, 0.1) is 26.4 Å². The minimum Gasteiger partial charge on any atom is -0.497 e. The molecule has 0 spiro atoms. The van der Waals surface area contributed by atoms with E-state index in [1.54, 1.807) is 18.4 Å². The summed E-state index contributed by atoms with van der Waals surface area (Å²) in [5.41, 5.74) is 4.17. The number of hydrogen-bond donors (Lipinski definition) is 1. The summed E-state index contributed by atoms with van der Waals surface area (Å²) in [6.45, 7) is 7.34. The second kappa shape index (κ2) is 9.64. The van der Waals surface area contributed by atoms with E-state index in [4.69, 9.17) is 9.47 Å². The molecule has 162 valence electrons. The number of anilines is 1. The predicted octanol–water partition coefficient (Wildman–Crippen LogP) is 5.05. The van der Waals surface area contributed by atoms with Gasteiger partial charge in [-0.3, -0.25) is 9.69 Å². The molecule has 0 aliphatic carbocycles. The number of methoxy groups -OCH3 is 1. The Bertz CT molecular complexity index is 1040. The Morgan fingerprint density at radius 3 is 2.55 bits per heavy atom. The topological polar surface area (TPSA) is 50.8 Å². The van der Waals surface area contributed by atoms with Crippen molar-refractivity contribution in [3.63, 3.8) is 0 Å². The van der Waals surface area contributed by atoms with Gasteiger partial charge in [-0.2, -0.15) is 0 Å². The lowest BCUT2D eigenvalue weighted by atomic mass is 9.94. The lowest BCUT2D eigenvalue weighted by molar-refractivity contribution is 0.0240. The molecule has 6 heteroatoms. The second-order valence-electron chi connectivity index (χ2n) is 7.67. The molecule has 2 heterocycles. The first-order chi connectivity index (χ1) is 15.1. The van der Waals surface area contributed by atoms with Crippen molar-refractivity contribution in [2.24, 2.45) is 0 Å². The molecule has 1 atom stereocenters. The van der Waals surface area contributed by atoms with Gasteiger partial charge in [0.1, 0.15) is 10.8 Å². The minimum atomic E-state index is -0.0885. The lowest BCUT2D eigenvalue weighted by Gasteiger charge is -2.35. The summed E-state index contributed by atoms with van der Waals surface area (Å²) in [6.07, 6.45) is 0. The van der Waals surface area contributed by atoms with E-state index in [0.717, 1.165) is 35.0 Å². The van der Waals surface area contributed by atoms with Crippen LogP contribution < -0.4 is 10.1 Å². The van der Waals surface area contributed by atoms with E-state index >= 15 is 0 Å². The maximum atomic E-state index is 13.0. The number of benzene rings is 2. The summed E-state index contributed by atoms with van der Waals surface area (Å²) < 4.78 is 11.1. The summed E-state index contributed by atoms with van der Waals surface area (Å²) in [7, 11) is 1.69. The third-order valence-corrected chi connectivity index (χ3v) is 6.93. The maximum absolute atomic E-state index is 13.0. The zero-order chi connectivity index (χ0) is 21.8. The molecule has 5 nitrogen and oxygen atoms in total. The van der Waals surface area contributed by atoms with Gasteiger partial charge in [-0.15, -0.1) is 11.3 Å². The molecular weight excluding hydrogens is 408 g/mol. The first-order valence-electron chi connectivity index (χ1n) is 10.5. The molecular formula is C25H28N2O3S. The molecule has 0 saturated carbocycles. The van der Waals surface area contributed by atoms with E-state index in [2.05, 4.69) is 36.2 Å². The fourth-order valence-electron chi connectivity index (χ4n) is 4.04. The minimum absolute atomic E-state index is 0.00928. The van der Waals surface area contributed by atoms with E-state index in [-0.39, 0.29) is 11.9 Å². The summed E-state index contributed by atoms with van der Waals surface area (Å²) in [5.74, 6) is 0.740. The quantitative estimate of drug-likeness (QED) is 0.588. The Hall–Kier alpha value is -2.67. The monoisotopic (exact) mass is 436 g/mol. The number of carbonyl (C=O) groups excluding carboxylic acids is 1. The molecule has 1 N–H and O–H groups in total. The molecule has 4 rings (SSSR count). The molecule has 1 aliphatic heterocycles. The average Bonchev–Trinajstić information content (AvgIpc) is 3.08. The molecule has 31 heavy (non-hydrogen) atoms. The van der Waals surface area contributed by atoms with Crippen molar-refractivity contribution in [3.05, 3.63) is 81.7 Å². The van der Waals surface area contributed by atoms with Crippen LogP contribution in [0.3, 0.4) is 0 Å². The van der Waals surface area contributed by atoms with Crippen LogP contribution in [0.1, 0.15) is 38.0 Å². The Kier molecular flexibility index (Phi) is 6.70. The van der Waals surface area contributed by atoms with Crippen LogP contribution in [-0.2, 0) is 4.74 Å². The van der Waals surface area contributed by atoms with Crippen LogP contribution in [0.15, 0.2) is 54.6 Å². The molecule has 1 aromatic heterocycles.